The quantitative estimate of drug-likeness (QED) is 0.674. The maximum Gasteiger partial charge on any atom is 0.256 e. The number of anilines is 1. The second kappa shape index (κ2) is 7.58. The molecular formula is C22H21NO3. The van der Waals surface area contributed by atoms with Crippen molar-refractivity contribution in [1.29, 1.82) is 0 Å². The molecule has 1 amide bonds. The van der Waals surface area contributed by atoms with E-state index >= 15 is 0 Å². The van der Waals surface area contributed by atoms with Gasteiger partial charge >= 0.3 is 0 Å². The van der Waals surface area contributed by atoms with Crippen LogP contribution in [0.3, 0.4) is 0 Å². The highest BCUT2D eigenvalue weighted by molar-refractivity contribution is 5.96. The molecule has 3 aromatic rings. The lowest BCUT2D eigenvalue weighted by atomic mass is 10.1. The summed E-state index contributed by atoms with van der Waals surface area (Å²) in [6.07, 6.45) is 2.97. The van der Waals surface area contributed by atoms with Crippen LogP contribution in [0, 0.1) is 0 Å². The maximum absolute atomic E-state index is 13.0. The third-order valence-electron chi connectivity index (χ3n) is 4.65. The molecule has 1 aliphatic rings. The van der Waals surface area contributed by atoms with Gasteiger partial charge in [0.05, 0.1) is 12.8 Å². The Morgan fingerprint density at radius 1 is 0.962 bits per heavy atom. The fourth-order valence-corrected chi connectivity index (χ4v) is 3.27. The number of furan rings is 1. The van der Waals surface area contributed by atoms with Crippen molar-refractivity contribution in [3.8, 4) is 11.1 Å². The second-order valence-electron chi connectivity index (χ2n) is 6.42. The minimum atomic E-state index is -0.362. The predicted octanol–water partition coefficient (Wildman–Crippen LogP) is 4.66. The molecule has 26 heavy (non-hydrogen) atoms. The van der Waals surface area contributed by atoms with Crippen molar-refractivity contribution in [1.82, 2.24) is 0 Å². The number of ether oxygens (including phenoxy) is 1. The molecule has 1 aliphatic heterocycles. The van der Waals surface area contributed by atoms with Gasteiger partial charge in [-0.3, -0.25) is 4.79 Å². The molecular weight excluding hydrogens is 326 g/mol. The first-order valence-corrected chi connectivity index (χ1v) is 8.92. The zero-order valence-electron chi connectivity index (χ0n) is 14.5. The van der Waals surface area contributed by atoms with E-state index in [1.165, 1.54) is 0 Å². The highest BCUT2D eigenvalue weighted by Crippen LogP contribution is 2.26. The Balaban J connectivity index is 1.61. The maximum atomic E-state index is 13.0. The van der Waals surface area contributed by atoms with Crippen LogP contribution in [0.5, 0.6) is 0 Å². The average Bonchev–Trinajstić information content (AvgIpc) is 3.40. The number of hydrogen-bond donors (Lipinski definition) is 0. The van der Waals surface area contributed by atoms with Gasteiger partial charge in [0, 0.05) is 12.3 Å². The van der Waals surface area contributed by atoms with E-state index in [-0.39, 0.29) is 12.0 Å². The lowest BCUT2D eigenvalue weighted by Gasteiger charge is -2.25. The molecule has 1 saturated heterocycles. The summed E-state index contributed by atoms with van der Waals surface area (Å²) in [4.78, 5) is 14.7. The number of amides is 1. The number of carbonyl (C=O) groups is 1. The predicted molar refractivity (Wildman–Crippen MR) is 101 cm³/mol. The van der Waals surface area contributed by atoms with Gasteiger partial charge in [0.15, 0.2) is 0 Å². The Hall–Kier alpha value is -2.85. The monoisotopic (exact) mass is 347 g/mol. The summed E-state index contributed by atoms with van der Waals surface area (Å²) in [6.45, 7) is 1.05. The normalized spacial score (nSPS) is 16.5. The van der Waals surface area contributed by atoms with E-state index in [1.807, 2.05) is 54.6 Å². The number of rotatable bonds is 5. The van der Waals surface area contributed by atoms with Crippen LogP contribution in [0.15, 0.2) is 77.4 Å². The topological polar surface area (TPSA) is 42.7 Å². The van der Waals surface area contributed by atoms with Crippen molar-refractivity contribution in [3.05, 3.63) is 78.8 Å². The second-order valence-corrected chi connectivity index (χ2v) is 6.42. The molecule has 4 rings (SSSR count). The van der Waals surface area contributed by atoms with Crippen LogP contribution in [0.1, 0.15) is 18.6 Å². The molecule has 2 aromatic carbocycles. The molecule has 0 unspecified atom stereocenters. The van der Waals surface area contributed by atoms with Crippen molar-refractivity contribution >= 4 is 11.6 Å². The van der Waals surface area contributed by atoms with E-state index in [9.17, 15) is 4.79 Å². The summed E-state index contributed by atoms with van der Waals surface area (Å²) < 4.78 is 11.1. The standard InChI is InChI=1S/C22H21NO3/c24-22(21-9-5-15-26-21)23(16-20-8-4-14-25-20)19-12-10-18(11-13-19)17-6-2-1-3-7-17/h1-4,6-8,10-14,21H,5,9,15-16H2/t21-/m0/s1. The smallest absolute Gasteiger partial charge is 0.256 e. The Morgan fingerprint density at radius 2 is 1.73 bits per heavy atom. The van der Waals surface area contributed by atoms with Crippen LogP contribution in [0.25, 0.3) is 11.1 Å². The lowest BCUT2D eigenvalue weighted by Crippen LogP contribution is -2.38. The minimum Gasteiger partial charge on any atom is -0.467 e. The van der Waals surface area contributed by atoms with E-state index in [1.54, 1.807) is 11.2 Å². The van der Waals surface area contributed by atoms with Gasteiger partial charge in [-0.15, -0.1) is 0 Å². The fraction of sp³-hybridized carbons (Fsp3) is 0.227. The third-order valence-corrected chi connectivity index (χ3v) is 4.65. The van der Waals surface area contributed by atoms with Gasteiger partial charge < -0.3 is 14.1 Å². The van der Waals surface area contributed by atoms with Crippen LogP contribution in [-0.2, 0) is 16.1 Å². The summed E-state index contributed by atoms with van der Waals surface area (Å²) in [5, 5.41) is 0. The largest absolute Gasteiger partial charge is 0.467 e. The summed E-state index contributed by atoms with van der Waals surface area (Å²) in [7, 11) is 0. The Kier molecular flexibility index (Phi) is 4.84. The van der Waals surface area contributed by atoms with Gasteiger partial charge in [0.25, 0.3) is 5.91 Å². The van der Waals surface area contributed by atoms with E-state index in [2.05, 4.69) is 12.1 Å². The van der Waals surface area contributed by atoms with Crippen molar-refractivity contribution in [2.24, 2.45) is 0 Å². The molecule has 0 bridgehead atoms. The summed E-state index contributed by atoms with van der Waals surface area (Å²) >= 11 is 0. The van der Waals surface area contributed by atoms with Crippen LogP contribution in [0.4, 0.5) is 5.69 Å². The van der Waals surface area contributed by atoms with Gasteiger partial charge in [-0.1, -0.05) is 42.5 Å². The van der Waals surface area contributed by atoms with E-state index < -0.39 is 0 Å². The molecule has 1 aromatic heterocycles. The zero-order chi connectivity index (χ0) is 17.8. The van der Waals surface area contributed by atoms with Gasteiger partial charge in [-0.25, -0.2) is 0 Å². The molecule has 2 heterocycles. The third kappa shape index (κ3) is 3.55. The van der Waals surface area contributed by atoms with E-state index in [0.29, 0.717) is 13.2 Å². The first kappa shape index (κ1) is 16.6. The summed E-state index contributed by atoms with van der Waals surface area (Å²) in [5.41, 5.74) is 3.13. The molecule has 132 valence electrons. The van der Waals surface area contributed by atoms with Crippen LogP contribution >= 0.6 is 0 Å². The van der Waals surface area contributed by atoms with Gasteiger partial charge in [-0.2, -0.15) is 0 Å². The minimum absolute atomic E-state index is 0.00800. The van der Waals surface area contributed by atoms with Crippen molar-refractivity contribution in [2.75, 3.05) is 11.5 Å². The number of carbonyl (C=O) groups excluding carboxylic acids is 1. The average molecular weight is 347 g/mol. The highest BCUT2D eigenvalue weighted by atomic mass is 16.5. The number of nitrogens with zero attached hydrogens (tertiary/aromatic N) is 1. The zero-order valence-corrected chi connectivity index (χ0v) is 14.5. The van der Waals surface area contributed by atoms with Crippen molar-refractivity contribution in [2.45, 2.75) is 25.5 Å². The molecule has 1 fully saturated rings. The van der Waals surface area contributed by atoms with Crippen molar-refractivity contribution < 1.29 is 13.9 Å². The molecule has 0 saturated carbocycles. The SMILES string of the molecule is O=C([C@@H]1CCCO1)N(Cc1ccco1)c1ccc(-c2ccccc2)cc1. The van der Waals surface area contributed by atoms with Crippen LogP contribution in [0.2, 0.25) is 0 Å². The van der Waals surface area contributed by atoms with Gasteiger partial charge in [0.1, 0.15) is 11.9 Å². The molecule has 4 nitrogen and oxygen atoms in total. The van der Waals surface area contributed by atoms with Gasteiger partial charge in [0.2, 0.25) is 0 Å². The van der Waals surface area contributed by atoms with E-state index in [4.69, 9.17) is 9.15 Å². The fourth-order valence-electron chi connectivity index (χ4n) is 3.27. The Labute approximate surface area is 153 Å². The number of benzene rings is 2. The molecule has 0 spiro atoms. The highest BCUT2D eigenvalue weighted by Gasteiger charge is 2.29. The first-order valence-electron chi connectivity index (χ1n) is 8.92. The molecule has 0 aliphatic carbocycles. The molecule has 1 atom stereocenters. The summed E-state index contributed by atoms with van der Waals surface area (Å²) in [5.74, 6) is 0.745. The first-order chi connectivity index (χ1) is 12.8. The lowest BCUT2D eigenvalue weighted by molar-refractivity contribution is -0.127. The van der Waals surface area contributed by atoms with Crippen molar-refractivity contribution in [3.63, 3.8) is 0 Å². The Morgan fingerprint density at radius 3 is 2.38 bits per heavy atom. The number of hydrogen-bond acceptors (Lipinski definition) is 3. The summed E-state index contributed by atoms with van der Waals surface area (Å²) in [6, 6.07) is 22.0. The van der Waals surface area contributed by atoms with Gasteiger partial charge in [-0.05, 0) is 48.2 Å². The molecule has 0 N–H and O–H groups in total. The van der Waals surface area contributed by atoms with E-state index in [0.717, 1.165) is 35.4 Å². The molecule has 4 heteroatoms. The van der Waals surface area contributed by atoms with Crippen LogP contribution < -0.4 is 4.90 Å². The molecule has 0 radical (unpaired) electrons. The van der Waals surface area contributed by atoms with Crippen LogP contribution in [-0.4, -0.2) is 18.6 Å². The Bertz CT molecular complexity index is 835.